The van der Waals surface area contributed by atoms with Gasteiger partial charge in [0, 0.05) is 26.2 Å². The van der Waals surface area contributed by atoms with Crippen LogP contribution >= 0.6 is 11.6 Å². The van der Waals surface area contributed by atoms with E-state index in [4.69, 9.17) is 11.6 Å². The Labute approximate surface area is 168 Å². The van der Waals surface area contributed by atoms with Crippen molar-refractivity contribution < 1.29 is 8.42 Å². The molecule has 4 rings (SSSR count). The number of benzene rings is 2. The van der Waals surface area contributed by atoms with Crippen molar-refractivity contribution >= 4 is 21.6 Å². The highest BCUT2D eigenvalue weighted by Crippen LogP contribution is 2.25. The maximum Gasteiger partial charge on any atom is 0.244 e. The van der Waals surface area contributed by atoms with Crippen LogP contribution in [0.3, 0.4) is 0 Å². The number of nitrogens with zero attached hydrogens (tertiary/aromatic N) is 6. The van der Waals surface area contributed by atoms with Gasteiger partial charge in [-0.2, -0.15) is 8.99 Å². The van der Waals surface area contributed by atoms with Crippen LogP contribution in [0, 0.1) is 0 Å². The number of aromatic nitrogens is 4. The van der Waals surface area contributed by atoms with Crippen molar-refractivity contribution in [1.29, 1.82) is 0 Å². The monoisotopic (exact) mass is 418 g/mol. The van der Waals surface area contributed by atoms with Gasteiger partial charge in [0.25, 0.3) is 0 Å². The fourth-order valence-corrected chi connectivity index (χ4v) is 5.11. The van der Waals surface area contributed by atoms with Gasteiger partial charge < -0.3 is 0 Å². The highest BCUT2D eigenvalue weighted by molar-refractivity contribution is 7.89. The number of sulfonamides is 1. The third-order valence-electron chi connectivity index (χ3n) is 4.69. The molecule has 146 valence electrons. The van der Waals surface area contributed by atoms with Gasteiger partial charge >= 0.3 is 0 Å². The summed E-state index contributed by atoms with van der Waals surface area (Å²) in [5.74, 6) is 0.716. The summed E-state index contributed by atoms with van der Waals surface area (Å²) in [6.07, 6.45) is 0. The van der Waals surface area contributed by atoms with E-state index >= 15 is 0 Å². The molecule has 0 radical (unpaired) electrons. The lowest BCUT2D eigenvalue weighted by Crippen LogP contribution is -2.48. The van der Waals surface area contributed by atoms with Gasteiger partial charge in [-0.3, -0.25) is 4.90 Å². The zero-order chi connectivity index (χ0) is 19.6. The first-order chi connectivity index (χ1) is 13.6. The number of para-hydroxylation sites is 1. The van der Waals surface area contributed by atoms with Crippen molar-refractivity contribution in [2.45, 2.75) is 11.4 Å². The second-order valence-corrected chi connectivity index (χ2v) is 8.77. The lowest BCUT2D eigenvalue weighted by atomic mass is 10.3. The molecular weight excluding hydrogens is 400 g/mol. The molecule has 2 heterocycles. The van der Waals surface area contributed by atoms with E-state index in [1.54, 1.807) is 22.9 Å². The van der Waals surface area contributed by atoms with E-state index in [0.717, 1.165) is 5.69 Å². The Bertz CT molecular complexity index is 1050. The molecule has 0 N–H and O–H groups in total. The predicted octanol–water partition coefficient (Wildman–Crippen LogP) is 1.82. The molecule has 1 aliphatic rings. The Kier molecular flexibility index (Phi) is 5.40. The number of hydrogen-bond donors (Lipinski definition) is 0. The number of tetrazole rings is 1. The molecule has 1 saturated heterocycles. The second kappa shape index (κ2) is 7.96. The van der Waals surface area contributed by atoms with Crippen molar-refractivity contribution in [1.82, 2.24) is 29.4 Å². The molecule has 1 aromatic heterocycles. The number of piperazine rings is 1. The second-order valence-electron chi connectivity index (χ2n) is 6.45. The molecule has 8 nitrogen and oxygen atoms in total. The van der Waals surface area contributed by atoms with E-state index in [1.807, 2.05) is 30.3 Å². The number of halogens is 1. The SMILES string of the molecule is O=S(=O)(c1ccccc1Cl)N1CCN(Cc2nnnn2-c2ccccc2)CC1. The number of hydrogen-bond acceptors (Lipinski definition) is 6. The minimum atomic E-state index is -3.60. The smallest absolute Gasteiger partial charge is 0.244 e. The van der Waals surface area contributed by atoms with Crippen LogP contribution in [0.4, 0.5) is 0 Å². The summed E-state index contributed by atoms with van der Waals surface area (Å²) in [4.78, 5) is 2.29. The van der Waals surface area contributed by atoms with Gasteiger partial charge in [0.1, 0.15) is 4.90 Å². The van der Waals surface area contributed by atoms with E-state index in [2.05, 4.69) is 20.4 Å². The lowest BCUT2D eigenvalue weighted by molar-refractivity contribution is 0.177. The third kappa shape index (κ3) is 3.79. The molecule has 0 atom stereocenters. The highest BCUT2D eigenvalue weighted by Gasteiger charge is 2.30. The summed E-state index contributed by atoms with van der Waals surface area (Å²) in [5, 5.41) is 12.2. The minimum absolute atomic E-state index is 0.151. The van der Waals surface area contributed by atoms with Gasteiger partial charge in [0.05, 0.1) is 17.3 Å². The van der Waals surface area contributed by atoms with Crippen molar-refractivity contribution in [3.8, 4) is 5.69 Å². The van der Waals surface area contributed by atoms with E-state index in [0.29, 0.717) is 38.5 Å². The van der Waals surface area contributed by atoms with E-state index < -0.39 is 10.0 Å². The van der Waals surface area contributed by atoms with E-state index in [9.17, 15) is 8.42 Å². The molecule has 0 saturated carbocycles. The Balaban J connectivity index is 1.43. The zero-order valence-corrected chi connectivity index (χ0v) is 16.6. The summed E-state index contributed by atoms with van der Waals surface area (Å²) in [5.41, 5.74) is 0.891. The first-order valence-electron chi connectivity index (χ1n) is 8.85. The van der Waals surface area contributed by atoms with Crippen molar-refractivity contribution in [3.63, 3.8) is 0 Å². The highest BCUT2D eigenvalue weighted by atomic mass is 35.5. The average molecular weight is 419 g/mol. The molecule has 0 aliphatic carbocycles. The fourth-order valence-electron chi connectivity index (χ4n) is 3.20. The zero-order valence-electron chi connectivity index (χ0n) is 15.0. The van der Waals surface area contributed by atoms with E-state index in [1.165, 1.54) is 10.4 Å². The van der Waals surface area contributed by atoms with Crippen molar-refractivity contribution in [2.24, 2.45) is 0 Å². The lowest BCUT2D eigenvalue weighted by Gasteiger charge is -2.33. The predicted molar refractivity (Wildman–Crippen MR) is 105 cm³/mol. The third-order valence-corrected chi connectivity index (χ3v) is 7.08. The van der Waals surface area contributed by atoms with Crippen LogP contribution in [0.2, 0.25) is 5.02 Å². The summed E-state index contributed by atoms with van der Waals surface area (Å²) in [7, 11) is -3.60. The van der Waals surface area contributed by atoms with Gasteiger partial charge in [0.15, 0.2) is 5.82 Å². The standard InChI is InChI=1S/C18H19ClN6O2S/c19-16-8-4-5-9-17(16)28(26,27)24-12-10-23(11-13-24)14-18-20-21-22-25(18)15-6-2-1-3-7-15/h1-9H,10-14H2. The Morgan fingerprint density at radius 3 is 2.32 bits per heavy atom. The van der Waals surface area contributed by atoms with Crippen LogP contribution < -0.4 is 0 Å². The Hall–Kier alpha value is -2.33. The molecule has 2 aromatic carbocycles. The molecule has 0 spiro atoms. The first kappa shape index (κ1) is 19.0. The maximum absolute atomic E-state index is 12.9. The normalized spacial score (nSPS) is 16.3. The van der Waals surface area contributed by atoms with Gasteiger partial charge in [-0.05, 0) is 34.7 Å². The fraction of sp³-hybridized carbons (Fsp3) is 0.278. The molecule has 10 heteroatoms. The first-order valence-corrected chi connectivity index (χ1v) is 10.7. The minimum Gasteiger partial charge on any atom is -0.293 e. The van der Waals surface area contributed by atoms with Gasteiger partial charge in [-0.15, -0.1) is 5.10 Å². The molecule has 3 aromatic rings. The molecule has 28 heavy (non-hydrogen) atoms. The molecule has 0 amide bonds. The Morgan fingerprint density at radius 2 is 1.61 bits per heavy atom. The van der Waals surface area contributed by atoms with Crippen LogP contribution in [0.15, 0.2) is 59.5 Å². The van der Waals surface area contributed by atoms with Gasteiger partial charge in [-0.1, -0.05) is 41.9 Å². The molecular formula is C18H19ClN6O2S. The molecule has 0 unspecified atom stereocenters. The maximum atomic E-state index is 12.9. The van der Waals surface area contributed by atoms with Crippen LogP contribution in [-0.4, -0.2) is 64.0 Å². The molecule has 1 aliphatic heterocycles. The largest absolute Gasteiger partial charge is 0.293 e. The quantitative estimate of drug-likeness (QED) is 0.628. The summed E-state index contributed by atoms with van der Waals surface area (Å²) >= 11 is 6.09. The average Bonchev–Trinajstić information content (AvgIpc) is 3.17. The Morgan fingerprint density at radius 1 is 0.929 bits per heavy atom. The van der Waals surface area contributed by atoms with Crippen LogP contribution in [0.5, 0.6) is 0 Å². The van der Waals surface area contributed by atoms with Crippen LogP contribution in [-0.2, 0) is 16.6 Å². The summed E-state index contributed by atoms with van der Waals surface area (Å²) < 4.78 is 28.9. The van der Waals surface area contributed by atoms with Crippen LogP contribution in [0.25, 0.3) is 5.69 Å². The van der Waals surface area contributed by atoms with Gasteiger partial charge in [0.2, 0.25) is 10.0 Å². The van der Waals surface area contributed by atoms with Crippen LogP contribution in [0.1, 0.15) is 5.82 Å². The summed E-state index contributed by atoms with van der Waals surface area (Å²) in [6.45, 7) is 2.50. The molecule has 1 fully saturated rings. The molecule has 0 bridgehead atoms. The summed E-state index contributed by atoms with van der Waals surface area (Å²) in [6, 6.07) is 16.2. The topological polar surface area (TPSA) is 84.2 Å². The number of rotatable bonds is 5. The van der Waals surface area contributed by atoms with Crippen molar-refractivity contribution in [2.75, 3.05) is 26.2 Å². The van der Waals surface area contributed by atoms with E-state index in [-0.39, 0.29) is 9.92 Å². The van der Waals surface area contributed by atoms with Gasteiger partial charge in [-0.25, -0.2) is 8.42 Å². The van der Waals surface area contributed by atoms with Crippen molar-refractivity contribution in [3.05, 3.63) is 65.4 Å².